The molecule has 3 nitrogen and oxygen atoms in total. The summed E-state index contributed by atoms with van der Waals surface area (Å²) in [5.74, 6) is 0.0134. The Labute approximate surface area is 72.6 Å². The van der Waals surface area contributed by atoms with E-state index in [1.807, 2.05) is 6.08 Å². The van der Waals surface area contributed by atoms with Crippen molar-refractivity contribution >= 4 is 5.97 Å². The fourth-order valence-electron chi connectivity index (χ4n) is 1.47. The first-order valence-corrected chi connectivity index (χ1v) is 4.13. The molecule has 0 radical (unpaired) electrons. The number of allylic oxidation sites excluding steroid dienone is 1. The summed E-state index contributed by atoms with van der Waals surface area (Å²) in [7, 11) is 1.37. The molecule has 1 aliphatic carbocycles. The van der Waals surface area contributed by atoms with Crippen molar-refractivity contribution in [2.24, 2.45) is 11.7 Å². The molecule has 1 rings (SSSR count). The van der Waals surface area contributed by atoms with Crippen LogP contribution in [-0.4, -0.2) is 18.6 Å². The van der Waals surface area contributed by atoms with E-state index < -0.39 is 5.54 Å². The zero-order valence-electron chi connectivity index (χ0n) is 7.38. The lowest BCUT2D eigenvalue weighted by atomic mass is 10.1. The molecule has 12 heavy (non-hydrogen) atoms. The zero-order valence-corrected chi connectivity index (χ0v) is 7.38. The largest absolute Gasteiger partial charge is 0.468 e. The van der Waals surface area contributed by atoms with Gasteiger partial charge in [-0.05, 0) is 25.2 Å². The van der Waals surface area contributed by atoms with Crippen molar-refractivity contribution in [3.05, 3.63) is 12.7 Å². The number of hydrogen-bond donors (Lipinski definition) is 1. The van der Waals surface area contributed by atoms with E-state index in [4.69, 9.17) is 5.73 Å². The second-order valence-electron chi connectivity index (χ2n) is 3.30. The summed E-state index contributed by atoms with van der Waals surface area (Å²) in [6.07, 6.45) is 4.46. The molecule has 0 bridgehead atoms. The van der Waals surface area contributed by atoms with Crippen LogP contribution in [0.25, 0.3) is 0 Å². The van der Waals surface area contributed by atoms with Crippen molar-refractivity contribution in [2.45, 2.75) is 24.8 Å². The van der Waals surface area contributed by atoms with Crippen molar-refractivity contribution in [3.63, 3.8) is 0 Å². The number of rotatable bonds is 4. The summed E-state index contributed by atoms with van der Waals surface area (Å²) in [5.41, 5.74) is 5.09. The molecule has 0 aromatic heterocycles. The van der Waals surface area contributed by atoms with Crippen LogP contribution in [0.1, 0.15) is 19.3 Å². The zero-order chi connectivity index (χ0) is 9.19. The van der Waals surface area contributed by atoms with E-state index in [1.54, 1.807) is 0 Å². The van der Waals surface area contributed by atoms with Gasteiger partial charge in [0.15, 0.2) is 0 Å². The summed E-state index contributed by atoms with van der Waals surface area (Å²) in [6, 6.07) is 0. The van der Waals surface area contributed by atoms with Crippen LogP contribution in [0.3, 0.4) is 0 Å². The topological polar surface area (TPSA) is 52.3 Å². The highest BCUT2D eigenvalue weighted by atomic mass is 16.5. The lowest BCUT2D eigenvalue weighted by Crippen LogP contribution is -2.36. The average molecular weight is 169 g/mol. The molecule has 0 heterocycles. The van der Waals surface area contributed by atoms with E-state index in [1.165, 1.54) is 7.11 Å². The van der Waals surface area contributed by atoms with Crippen molar-refractivity contribution in [1.82, 2.24) is 0 Å². The fourth-order valence-corrected chi connectivity index (χ4v) is 1.47. The lowest BCUT2D eigenvalue weighted by molar-refractivity contribution is -0.143. The number of nitrogens with two attached hydrogens (primary N) is 1. The molecule has 2 atom stereocenters. The molecule has 1 fully saturated rings. The van der Waals surface area contributed by atoms with Gasteiger partial charge in [0.05, 0.1) is 7.11 Å². The second-order valence-corrected chi connectivity index (χ2v) is 3.30. The minimum atomic E-state index is -0.683. The van der Waals surface area contributed by atoms with Crippen LogP contribution < -0.4 is 5.73 Å². The minimum Gasteiger partial charge on any atom is -0.468 e. The molecule has 3 heteroatoms. The predicted molar refractivity (Wildman–Crippen MR) is 46.5 cm³/mol. The van der Waals surface area contributed by atoms with Gasteiger partial charge < -0.3 is 10.5 Å². The maximum atomic E-state index is 11.1. The number of esters is 1. The molecule has 2 N–H and O–H groups in total. The van der Waals surface area contributed by atoms with Crippen LogP contribution in [-0.2, 0) is 9.53 Å². The van der Waals surface area contributed by atoms with E-state index in [9.17, 15) is 4.79 Å². The van der Waals surface area contributed by atoms with Gasteiger partial charge in [-0.1, -0.05) is 6.08 Å². The summed E-state index contributed by atoms with van der Waals surface area (Å²) in [5, 5.41) is 0. The summed E-state index contributed by atoms with van der Waals surface area (Å²) < 4.78 is 4.60. The fraction of sp³-hybridized carbons (Fsp3) is 0.667. The second kappa shape index (κ2) is 3.27. The van der Waals surface area contributed by atoms with Crippen LogP contribution in [0.5, 0.6) is 0 Å². The molecule has 68 valence electrons. The quantitative estimate of drug-likeness (QED) is 0.501. The van der Waals surface area contributed by atoms with Crippen molar-refractivity contribution < 1.29 is 9.53 Å². The van der Waals surface area contributed by atoms with Gasteiger partial charge in [-0.25, -0.2) is 0 Å². The van der Waals surface area contributed by atoms with Gasteiger partial charge in [-0.2, -0.15) is 0 Å². The SMILES string of the molecule is C=CCC[C@H]1C[C@@]1(N)C(=O)OC. The van der Waals surface area contributed by atoms with E-state index in [2.05, 4.69) is 11.3 Å². The molecule has 0 aromatic rings. The van der Waals surface area contributed by atoms with E-state index in [0.29, 0.717) is 5.92 Å². The third-order valence-corrected chi connectivity index (χ3v) is 2.44. The van der Waals surface area contributed by atoms with Crippen LogP contribution in [0, 0.1) is 5.92 Å². The Bertz CT molecular complexity index is 203. The molecular formula is C9H15NO2. The maximum absolute atomic E-state index is 11.1. The van der Waals surface area contributed by atoms with Crippen LogP contribution in [0.15, 0.2) is 12.7 Å². The number of hydrogen-bond acceptors (Lipinski definition) is 3. The van der Waals surface area contributed by atoms with E-state index >= 15 is 0 Å². The van der Waals surface area contributed by atoms with E-state index in [-0.39, 0.29) is 5.97 Å². The summed E-state index contributed by atoms with van der Waals surface area (Å²) in [6.45, 7) is 3.62. The number of carbonyl (C=O) groups excluding carboxylic acids is 1. The Balaban J connectivity index is 2.37. The third-order valence-electron chi connectivity index (χ3n) is 2.44. The molecular weight excluding hydrogens is 154 g/mol. The normalized spacial score (nSPS) is 32.7. The summed E-state index contributed by atoms with van der Waals surface area (Å²) >= 11 is 0. The molecule has 0 saturated heterocycles. The molecule has 0 spiro atoms. The molecule has 0 aromatic carbocycles. The Morgan fingerprint density at radius 3 is 3.08 bits per heavy atom. The Kier molecular flexibility index (Phi) is 2.52. The highest BCUT2D eigenvalue weighted by molar-refractivity contribution is 5.84. The highest BCUT2D eigenvalue weighted by Crippen LogP contribution is 2.45. The van der Waals surface area contributed by atoms with Gasteiger partial charge in [0, 0.05) is 0 Å². The smallest absolute Gasteiger partial charge is 0.326 e. The third kappa shape index (κ3) is 1.50. The monoisotopic (exact) mass is 169 g/mol. The van der Waals surface area contributed by atoms with Crippen molar-refractivity contribution in [3.8, 4) is 0 Å². The Morgan fingerprint density at radius 1 is 1.92 bits per heavy atom. The van der Waals surface area contributed by atoms with Crippen LogP contribution in [0.4, 0.5) is 0 Å². The molecule has 0 amide bonds. The van der Waals surface area contributed by atoms with Gasteiger partial charge in [-0.15, -0.1) is 6.58 Å². The van der Waals surface area contributed by atoms with Gasteiger partial charge in [-0.3, -0.25) is 4.79 Å². The standard InChI is InChI=1S/C9H15NO2/c1-3-4-5-7-6-9(7,10)8(11)12-2/h3,7H,1,4-6,10H2,2H3/t7-,9-/m0/s1. The van der Waals surface area contributed by atoms with Crippen molar-refractivity contribution in [1.29, 1.82) is 0 Å². The first kappa shape index (κ1) is 9.26. The first-order valence-electron chi connectivity index (χ1n) is 4.13. The van der Waals surface area contributed by atoms with Crippen molar-refractivity contribution in [2.75, 3.05) is 7.11 Å². The molecule has 1 saturated carbocycles. The van der Waals surface area contributed by atoms with Crippen LogP contribution in [0.2, 0.25) is 0 Å². The maximum Gasteiger partial charge on any atom is 0.326 e. The molecule has 0 aliphatic heterocycles. The highest BCUT2D eigenvalue weighted by Gasteiger charge is 2.57. The Morgan fingerprint density at radius 2 is 2.58 bits per heavy atom. The molecule has 1 aliphatic rings. The lowest BCUT2D eigenvalue weighted by Gasteiger charge is -2.07. The average Bonchev–Trinajstić information content (AvgIpc) is 2.74. The Hall–Kier alpha value is -0.830. The minimum absolute atomic E-state index is 0.281. The van der Waals surface area contributed by atoms with Crippen LogP contribution >= 0.6 is 0 Å². The number of ether oxygens (including phenoxy) is 1. The van der Waals surface area contributed by atoms with Gasteiger partial charge in [0.1, 0.15) is 5.54 Å². The van der Waals surface area contributed by atoms with Gasteiger partial charge >= 0.3 is 5.97 Å². The molecule has 0 unspecified atom stereocenters. The first-order chi connectivity index (χ1) is 5.65. The van der Waals surface area contributed by atoms with Gasteiger partial charge in [0.2, 0.25) is 0 Å². The number of carbonyl (C=O) groups is 1. The predicted octanol–water partition coefficient (Wildman–Crippen LogP) is 0.843. The summed E-state index contributed by atoms with van der Waals surface area (Å²) in [4.78, 5) is 11.1. The number of methoxy groups -OCH3 is 1. The van der Waals surface area contributed by atoms with E-state index in [0.717, 1.165) is 19.3 Å². The van der Waals surface area contributed by atoms with Gasteiger partial charge in [0.25, 0.3) is 0 Å².